The van der Waals surface area contributed by atoms with Crippen LogP contribution in [0.5, 0.6) is 0 Å². The van der Waals surface area contributed by atoms with Gasteiger partial charge in [0.1, 0.15) is 5.65 Å². The SMILES string of the molecule is CCNC(=NCc1cn2cc(Br)ccc2n1)NCC1(CCO)CCCCC1.I. The fraction of sp³-hybridized carbons (Fsp3) is 0.600. The molecular formula is C20H31BrIN5O. The van der Waals surface area contributed by atoms with Gasteiger partial charge in [0.15, 0.2) is 5.96 Å². The van der Waals surface area contributed by atoms with Crippen LogP contribution >= 0.6 is 39.9 Å². The van der Waals surface area contributed by atoms with Gasteiger partial charge in [-0.1, -0.05) is 19.3 Å². The highest BCUT2D eigenvalue weighted by molar-refractivity contribution is 14.0. The van der Waals surface area contributed by atoms with Crippen LogP contribution in [0.25, 0.3) is 5.65 Å². The fourth-order valence-corrected chi connectivity index (χ4v) is 4.27. The lowest BCUT2D eigenvalue weighted by Crippen LogP contribution is -2.44. The smallest absolute Gasteiger partial charge is 0.191 e. The topological polar surface area (TPSA) is 74.0 Å². The third kappa shape index (κ3) is 6.32. The summed E-state index contributed by atoms with van der Waals surface area (Å²) < 4.78 is 3.03. The number of pyridine rings is 1. The monoisotopic (exact) mass is 563 g/mol. The number of imidazole rings is 1. The van der Waals surface area contributed by atoms with E-state index in [0.717, 1.165) is 41.3 Å². The number of fused-ring (bicyclic) bond motifs is 1. The Balaban J connectivity index is 0.00000280. The number of guanidine groups is 1. The number of aliphatic imine (C=N–C) groups is 1. The van der Waals surface area contributed by atoms with Crippen molar-refractivity contribution in [3.63, 3.8) is 0 Å². The Hall–Kier alpha value is -0.870. The van der Waals surface area contributed by atoms with Gasteiger partial charge in [0.05, 0.1) is 12.2 Å². The standard InChI is InChI=1S/C20H30BrN5O.HI/c1-2-22-19(24-15-20(10-11-27)8-4-3-5-9-20)23-12-17-14-26-13-16(21)6-7-18(26)25-17;/h6-7,13-14,27H,2-5,8-12,15H2,1H3,(H2,22,23,24);1H. The maximum absolute atomic E-state index is 9.51. The molecule has 6 nitrogen and oxygen atoms in total. The molecule has 0 atom stereocenters. The summed E-state index contributed by atoms with van der Waals surface area (Å²) in [7, 11) is 0. The highest BCUT2D eigenvalue weighted by Gasteiger charge is 2.31. The molecule has 0 unspecified atom stereocenters. The second-order valence-corrected chi connectivity index (χ2v) is 8.34. The minimum atomic E-state index is 0. The molecule has 1 saturated carbocycles. The van der Waals surface area contributed by atoms with Crippen LogP contribution in [0.2, 0.25) is 0 Å². The first-order valence-electron chi connectivity index (χ1n) is 9.90. The molecule has 1 fully saturated rings. The number of aromatic nitrogens is 2. The predicted molar refractivity (Wildman–Crippen MR) is 128 cm³/mol. The van der Waals surface area contributed by atoms with Gasteiger partial charge in [0.2, 0.25) is 0 Å². The second-order valence-electron chi connectivity index (χ2n) is 7.43. The number of hydrogen-bond acceptors (Lipinski definition) is 3. The summed E-state index contributed by atoms with van der Waals surface area (Å²) in [5.41, 5.74) is 2.05. The zero-order valence-corrected chi connectivity index (χ0v) is 20.4. The summed E-state index contributed by atoms with van der Waals surface area (Å²) >= 11 is 3.49. The Bertz CT molecular complexity index is 768. The average molecular weight is 564 g/mol. The van der Waals surface area contributed by atoms with Gasteiger partial charge < -0.3 is 20.1 Å². The van der Waals surface area contributed by atoms with E-state index in [1.54, 1.807) is 0 Å². The summed E-state index contributed by atoms with van der Waals surface area (Å²) in [5, 5.41) is 16.3. The molecule has 2 aromatic heterocycles. The number of rotatable bonds is 7. The van der Waals surface area contributed by atoms with E-state index in [9.17, 15) is 5.11 Å². The van der Waals surface area contributed by atoms with Crippen LogP contribution in [0.1, 0.15) is 51.1 Å². The number of nitrogens with one attached hydrogen (secondary N) is 2. The summed E-state index contributed by atoms with van der Waals surface area (Å²) in [6.45, 7) is 4.53. The molecule has 2 heterocycles. The van der Waals surface area contributed by atoms with Crippen LogP contribution in [0.4, 0.5) is 0 Å². The van der Waals surface area contributed by atoms with Crippen molar-refractivity contribution in [3.05, 3.63) is 34.7 Å². The molecule has 8 heteroatoms. The molecule has 0 saturated heterocycles. The second kappa shape index (κ2) is 11.3. The van der Waals surface area contributed by atoms with Crippen molar-refractivity contribution in [1.29, 1.82) is 0 Å². The fourth-order valence-electron chi connectivity index (χ4n) is 3.92. The lowest BCUT2D eigenvalue weighted by molar-refractivity contribution is 0.131. The molecule has 0 aromatic carbocycles. The van der Waals surface area contributed by atoms with E-state index in [1.807, 2.05) is 28.9 Å². The maximum atomic E-state index is 9.51. The van der Waals surface area contributed by atoms with Crippen LogP contribution in [-0.2, 0) is 6.54 Å². The van der Waals surface area contributed by atoms with Gasteiger partial charge in [-0.05, 0) is 59.7 Å². The molecule has 0 spiro atoms. The number of hydrogen-bond donors (Lipinski definition) is 3. The minimum Gasteiger partial charge on any atom is -0.396 e. The molecule has 3 rings (SSSR count). The number of halogens is 2. The van der Waals surface area contributed by atoms with Crippen LogP contribution in [0, 0.1) is 5.41 Å². The first kappa shape index (κ1) is 23.4. The first-order valence-corrected chi connectivity index (χ1v) is 10.7. The van der Waals surface area contributed by atoms with Crippen molar-refractivity contribution in [2.45, 2.75) is 52.0 Å². The molecule has 0 amide bonds. The summed E-state index contributed by atoms with van der Waals surface area (Å²) in [4.78, 5) is 9.35. The Morgan fingerprint density at radius 2 is 2.04 bits per heavy atom. The number of aliphatic hydroxyl groups is 1. The zero-order chi connectivity index (χ0) is 19.1. The van der Waals surface area contributed by atoms with Gasteiger partial charge in [0.25, 0.3) is 0 Å². The lowest BCUT2D eigenvalue weighted by Gasteiger charge is -2.37. The quantitative estimate of drug-likeness (QED) is 0.269. The van der Waals surface area contributed by atoms with Crippen LogP contribution in [0.15, 0.2) is 34.0 Å². The van der Waals surface area contributed by atoms with Gasteiger partial charge >= 0.3 is 0 Å². The van der Waals surface area contributed by atoms with Gasteiger partial charge in [-0.25, -0.2) is 9.98 Å². The van der Waals surface area contributed by atoms with E-state index in [-0.39, 0.29) is 36.0 Å². The number of nitrogens with zero attached hydrogens (tertiary/aromatic N) is 3. The van der Waals surface area contributed by atoms with Crippen molar-refractivity contribution in [3.8, 4) is 0 Å². The molecule has 1 aliphatic rings. The lowest BCUT2D eigenvalue weighted by atomic mass is 9.72. The third-order valence-corrected chi connectivity index (χ3v) is 5.86. The van der Waals surface area contributed by atoms with Crippen molar-refractivity contribution in [1.82, 2.24) is 20.0 Å². The third-order valence-electron chi connectivity index (χ3n) is 5.40. The number of aliphatic hydroxyl groups excluding tert-OH is 1. The van der Waals surface area contributed by atoms with Gasteiger partial charge in [-0.2, -0.15) is 0 Å². The normalized spacial score (nSPS) is 16.6. The Labute approximate surface area is 192 Å². The molecule has 1 aliphatic carbocycles. The van der Waals surface area contributed by atoms with E-state index in [0.29, 0.717) is 6.54 Å². The van der Waals surface area contributed by atoms with E-state index in [2.05, 4.69) is 38.5 Å². The average Bonchev–Trinajstić information content (AvgIpc) is 3.07. The predicted octanol–water partition coefficient (Wildman–Crippen LogP) is 4.10. The maximum Gasteiger partial charge on any atom is 0.191 e. The highest BCUT2D eigenvalue weighted by Crippen LogP contribution is 2.38. The Morgan fingerprint density at radius 1 is 1.25 bits per heavy atom. The molecule has 156 valence electrons. The van der Waals surface area contributed by atoms with Crippen LogP contribution in [0.3, 0.4) is 0 Å². The van der Waals surface area contributed by atoms with Crippen LogP contribution < -0.4 is 10.6 Å². The summed E-state index contributed by atoms with van der Waals surface area (Å²) in [6, 6.07) is 3.98. The van der Waals surface area contributed by atoms with Crippen molar-refractivity contribution in [2.24, 2.45) is 10.4 Å². The van der Waals surface area contributed by atoms with E-state index < -0.39 is 0 Å². The Morgan fingerprint density at radius 3 is 2.75 bits per heavy atom. The molecule has 28 heavy (non-hydrogen) atoms. The summed E-state index contributed by atoms with van der Waals surface area (Å²) in [5.74, 6) is 0.818. The molecule has 0 aliphatic heterocycles. The largest absolute Gasteiger partial charge is 0.396 e. The Kier molecular flexibility index (Phi) is 9.49. The minimum absolute atomic E-state index is 0. The molecule has 2 aromatic rings. The van der Waals surface area contributed by atoms with Crippen LogP contribution in [-0.4, -0.2) is 40.1 Å². The van der Waals surface area contributed by atoms with E-state index >= 15 is 0 Å². The highest BCUT2D eigenvalue weighted by atomic mass is 127. The van der Waals surface area contributed by atoms with E-state index in [4.69, 9.17) is 4.99 Å². The molecule has 0 bridgehead atoms. The summed E-state index contributed by atoms with van der Waals surface area (Å²) in [6.07, 6.45) is 11.1. The van der Waals surface area contributed by atoms with Gasteiger partial charge in [0, 0.05) is 36.6 Å². The van der Waals surface area contributed by atoms with Crippen molar-refractivity contribution < 1.29 is 5.11 Å². The van der Waals surface area contributed by atoms with Crippen molar-refractivity contribution in [2.75, 3.05) is 19.7 Å². The molecular weight excluding hydrogens is 533 g/mol. The van der Waals surface area contributed by atoms with Crippen molar-refractivity contribution >= 4 is 51.5 Å². The molecule has 3 N–H and O–H groups in total. The van der Waals surface area contributed by atoms with Gasteiger partial charge in [-0.15, -0.1) is 24.0 Å². The van der Waals surface area contributed by atoms with Gasteiger partial charge in [-0.3, -0.25) is 0 Å². The van der Waals surface area contributed by atoms with E-state index in [1.165, 1.54) is 32.1 Å². The molecule has 0 radical (unpaired) electrons. The first-order chi connectivity index (χ1) is 13.1. The zero-order valence-electron chi connectivity index (χ0n) is 16.5.